The van der Waals surface area contributed by atoms with E-state index in [2.05, 4.69) is 181 Å². The smallest absolute Gasteiger partial charge is 0.143 e. The van der Waals surface area contributed by atoms with Gasteiger partial charge in [-0.3, -0.25) is 0 Å². The summed E-state index contributed by atoms with van der Waals surface area (Å²) >= 11 is 0. The second-order valence-corrected chi connectivity index (χ2v) is 12.2. The fourth-order valence-electron chi connectivity index (χ4n) is 6.82. The highest BCUT2D eigenvalue weighted by Crippen LogP contribution is 2.40. The molecular weight excluding hydrogens is 583 g/mol. The third-order valence-corrected chi connectivity index (χ3v) is 9.28. The molecule has 226 valence electrons. The van der Waals surface area contributed by atoms with Gasteiger partial charge in [0.1, 0.15) is 11.2 Å². The zero-order valence-electron chi connectivity index (χ0n) is 26.3. The van der Waals surface area contributed by atoms with Crippen LogP contribution in [0.25, 0.3) is 66.1 Å². The minimum atomic E-state index is 0.911. The summed E-state index contributed by atoms with van der Waals surface area (Å²) in [5.41, 5.74) is 12.1. The first-order chi connectivity index (χ1) is 23.8. The van der Waals surface area contributed by atoms with E-state index >= 15 is 0 Å². The molecule has 0 aliphatic heterocycles. The highest BCUT2D eigenvalue weighted by atomic mass is 16.3. The molecule has 0 aliphatic rings. The maximum absolute atomic E-state index is 6.36. The highest BCUT2D eigenvalue weighted by Gasteiger charge is 2.16. The fraction of sp³-hybridized carbons (Fsp3) is 0. The first-order valence-electron chi connectivity index (χ1n) is 16.3. The molecule has 2 nitrogen and oxygen atoms in total. The van der Waals surface area contributed by atoms with E-state index in [9.17, 15) is 0 Å². The van der Waals surface area contributed by atoms with Crippen LogP contribution in [0.2, 0.25) is 0 Å². The Labute approximate surface area is 279 Å². The van der Waals surface area contributed by atoms with E-state index in [1.165, 1.54) is 33.0 Å². The molecule has 0 saturated heterocycles. The van der Waals surface area contributed by atoms with Crippen molar-refractivity contribution in [2.45, 2.75) is 0 Å². The molecule has 0 spiro atoms. The van der Waals surface area contributed by atoms with E-state index in [-0.39, 0.29) is 0 Å². The predicted octanol–water partition coefficient (Wildman–Crippen LogP) is 13.2. The normalized spacial score (nSPS) is 11.3. The van der Waals surface area contributed by atoms with E-state index in [1.807, 2.05) is 12.1 Å². The summed E-state index contributed by atoms with van der Waals surface area (Å²) < 4.78 is 6.36. The second kappa shape index (κ2) is 11.8. The summed E-state index contributed by atoms with van der Waals surface area (Å²) in [4.78, 5) is 2.32. The highest BCUT2D eigenvalue weighted by molar-refractivity contribution is 6.09. The van der Waals surface area contributed by atoms with Crippen molar-refractivity contribution in [2.24, 2.45) is 0 Å². The molecule has 48 heavy (non-hydrogen) atoms. The fourth-order valence-corrected chi connectivity index (χ4v) is 6.82. The minimum absolute atomic E-state index is 0.911. The van der Waals surface area contributed by atoms with Crippen molar-refractivity contribution in [1.82, 2.24) is 0 Å². The van der Waals surface area contributed by atoms with Crippen LogP contribution < -0.4 is 4.90 Å². The number of furan rings is 1. The van der Waals surface area contributed by atoms with Crippen LogP contribution in [0.4, 0.5) is 17.1 Å². The Bertz CT molecular complexity index is 2530. The van der Waals surface area contributed by atoms with Gasteiger partial charge < -0.3 is 9.32 Å². The van der Waals surface area contributed by atoms with E-state index in [1.54, 1.807) is 0 Å². The van der Waals surface area contributed by atoms with Crippen LogP contribution in [-0.4, -0.2) is 0 Å². The number of benzene rings is 8. The lowest BCUT2D eigenvalue weighted by Gasteiger charge is -2.26. The Balaban J connectivity index is 1.11. The molecule has 2 heteroatoms. The Morgan fingerprint density at radius 3 is 1.56 bits per heavy atom. The average molecular weight is 614 g/mol. The maximum atomic E-state index is 6.36. The summed E-state index contributed by atoms with van der Waals surface area (Å²) in [6.07, 6.45) is 0. The van der Waals surface area contributed by atoms with Crippen molar-refractivity contribution < 1.29 is 4.42 Å². The molecule has 8 aromatic carbocycles. The van der Waals surface area contributed by atoms with Crippen molar-refractivity contribution in [3.63, 3.8) is 0 Å². The van der Waals surface area contributed by atoms with Gasteiger partial charge in [0.05, 0.1) is 0 Å². The van der Waals surface area contributed by atoms with Crippen LogP contribution in [0.5, 0.6) is 0 Å². The first-order valence-corrected chi connectivity index (χ1v) is 16.3. The van der Waals surface area contributed by atoms with Gasteiger partial charge in [0.2, 0.25) is 0 Å². The summed E-state index contributed by atoms with van der Waals surface area (Å²) in [7, 11) is 0. The molecule has 0 unspecified atom stereocenters. The lowest BCUT2D eigenvalue weighted by molar-refractivity contribution is 0.670. The topological polar surface area (TPSA) is 16.4 Å². The number of anilines is 3. The zero-order chi connectivity index (χ0) is 31.9. The second-order valence-electron chi connectivity index (χ2n) is 12.2. The molecule has 0 aliphatic carbocycles. The molecule has 0 amide bonds. The summed E-state index contributed by atoms with van der Waals surface area (Å²) in [6, 6.07) is 66.9. The van der Waals surface area contributed by atoms with Crippen LogP contribution in [0.3, 0.4) is 0 Å². The first kappa shape index (κ1) is 27.9. The van der Waals surface area contributed by atoms with Gasteiger partial charge >= 0.3 is 0 Å². The van der Waals surface area contributed by atoms with E-state index in [0.717, 1.165) is 50.1 Å². The van der Waals surface area contributed by atoms with Gasteiger partial charge in [-0.15, -0.1) is 0 Å². The molecule has 0 bridgehead atoms. The van der Waals surface area contributed by atoms with Gasteiger partial charge in [0.25, 0.3) is 0 Å². The predicted molar refractivity (Wildman–Crippen MR) is 202 cm³/mol. The monoisotopic (exact) mass is 613 g/mol. The number of nitrogens with zero attached hydrogens (tertiary/aromatic N) is 1. The Morgan fingerprint density at radius 1 is 0.333 bits per heavy atom. The van der Waals surface area contributed by atoms with Gasteiger partial charge in [-0.25, -0.2) is 0 Å². The summed E-state index contributed by atoms with van der Waals surface area (Å²) in [5.74, 6) is 0. The van der Waals surface area contributed by atoms with Gasteiger partial charge in [-0.2, -0.15) is 0 Å². The Kier molecular flexibility index (Phi) is 6.84. The van der Waals surface area contributed by atoms with Crippen molar-refractivity contribution >= 4 is 49.8 Å². The third-order valence-electron chi connectivity index (χ3n) is 9.28. The van der Waals surface area contributed by atoms with Crippen LogP contribution in [0.15, 0.2) is 192 Å². The number of rotatable bonds is 6. The van der Waals surface area contributed by atoms with Crippen LogP contribution >= 0.6 is 0 Å². The molecular formula is C46H31NO. The standard InChI is InChI=1S/C46H31NO/c1-2-9-32(10-3-1)34-19-25-39(26-20-34)47(40-27-21-35(22-28-40)38-18-17-33-11-4-5-12-37(33)31-38)41-29-23-36(24-30-41)42-14-8-15-44-43-13-6-7-16-45(43)48-46(42)44/h1-31H. The molecule has 0 fully saturated rings. The lowest BCUT2D eigenvalue weighted by atomic mass is 10.00. The Morgan fingerprint density at radius 2 is 0.854 bits per heavy atom. The minimum Gasteiger partial charge on any atom is -0.455 e. The SMILES string of the molecule is c1ccc(-c2ccc(N(c3ccc(-c4ccc5ccccc5c4)cc3)c3ccc(-c4cccc5c4oc4ccccc45)cc3)cc2)cc1. The van der Waals surface area contributed by atoms with Gasteiger partial charge in [0.15, 0.2) is 0 Å². The number of para-hydroxylation sites is 2. The van der Waals surface area contributed by atoms with Crippen molar-refractivity contribution in [3.8, 4) is 33.4 Å². The molecule has 1 aromatic heterocycles. The number of fused-ring (bicyclic) bond motifs is 4. The molecule has 0 radical (unpaired) electrons. The van der Waals surface area contributed by atoms with Gasteiger partial charge in [0, 0.05) is 33.4 Å². The number of hydrogen-bond acceptors (Lipinski definition) is 2. The van der Waals surface area contributed by atoms with Crippen molar-refractivity contribution in [3.05, 3.63) is 188 Å². The molecule has 0 atom stereocenters. The van der Waals surface area contributed by atoms with Gasteiger partial charge in [-0.05, 0) is 87.1 Å². The van der Waals surface area contributed by atoms with E-state index in [0.29, 0.717) is 0 Å². The van der Waals surface area contributed by atoms with E-state index in [4.69, 9.17) is 4.42 Å². The third kappa shape index (κ3) is 5.01. The van der Waals surface area contributed by atoms with Crippen LogP contribution in [-0.2, 0) is 0 Å². The molecule has 9 rings (SSSR count). The summed E-state index contributed by atoms with van der Waals surface area (Å²) in [5, 5.41) is 4.78. The van der Waals surface area contributed by atoms with Crippen molar-refractivity contribution in [2.75, 3.05) is 4.90 Å². The molecule has 0 N–H and O–H groups in total. The van der Waals surface area contributed by atoms with Crippen LogP contribution in [0, 0.1) is 0 Å². The lowest BCUT2D eigenvalue weighted by Crippen LogP contribution is -2.09. The Hall–Kier alpha value is -6.38. The average Bonchev–Trinajstić information content (AvgIpc) is 3.55. The zero-order valence-corrected chi connectivity index (χ0v) is 26.3. The van der Waals surface area contributed by atoms with Crippen LogP contribution in [0.1, 0.15) is 0 Å². The maximum Gasteiger partial charge on any atom is 0.143 e. The molecule has 1 heterocycles. The quantitative estimate of drug-likeness (QED) is 0.185. The number of hydrogen-bond donors (Lipinski definition) is 0. The molecule has 0 saturated carbocycles. The van der Waals surface area contributed by atoms with Crippen molar-refractivity contribution in [1.29, 1.82) is 0 Å². The molecule has 9 aromatic rings. The van der Waals surface area contributed by atoms with Gasteiger partial charge in [-0.1, -0.05) is 140 Å². The largest absolute Gasteiger partial charge is 0.455 e. The summed E-state index contributed by atoms with van der Waals surface area (Å²) in [6.45, 7) is 0. The van der Waals surface area contributed by atoms with E-state index < -0.39 is 0 Å².